The van der Waals surface area contributed by atoms with Crippen LogP contribution in [0.2, 0.25) is 0 Å². The molecule has 1 saturated carbocycles. The van der Waals surface area contributed by atoms with E-state index in [0.717, 1.165) is 18.9 Å². The van der Waals surface area contributed by atoms with Gasteiger partial charge in [-0.3, -0.25) is 4.79 Å². The lowest BCUT2D eigenvalue weighted by molar-refractivity contribution is -0.147. The molecule has 1 N–H and O–H groups in total. The van der Waals surface area contributed by atoms with Crippen LogP contribution in [-0.4, -0.2) is 25.7 Å². The minimum atomic E-state index is -0.0424. The Morgan fingerprint density at radius 2 is 2.13 bits per heavy atom. The summed E-state index contributed by atoms with van der Waals surface area (Å²) in [4.78, 5) is 11.5. The molecular weight excluding hydrogens is 190 g/mol. The van der Waals surface area contributed by atoms with Crippen LogP contribution in [0.1, 0.15) is 32.6 Å². The number of carbonyl (C=O) groups excluding carboxylic acids is 1. The molecule has 1 saturated heterocycles. The molecule has 0 aromatic carbocycles. The molecule has 2 fully saturated rings. The molecular formula is C12H21NO2. The normalized spacial score (nSPS) is 40.7. The lowest BCUT2D eigenvalue weighted by Crippen LogP contribution is -2.49. The van der Waals surface area contributed by atoms with Gasteiger partial charge in [0.1, 0.15) is 0 Å². The molecule has 4 unspecified atom stereocenters. The predicted molar refractivity (Wildman–Crippen MR) is 58.4 cm³/mol. The van der Waals surface area contributed by atoms with Crippen LogP contribution < -0.4 is 5.32 Å². The van der Waals surface area contributed by atoms with Gasteiger partial charge in [0.2, 0.25) is 0 Å². The third kappa shape index (κ3) is 2.33. The van der Waals surface area contributed by atoms with E-state index in [-0.39, 0.29) is 11.9 Å². The molecule has 1 aliphatic heterocycles. The Morgan fingerprint density at radius 3 is 2.87 bits per heavy atom. The minimum Gasteiger partial charge on any atom is -0.469 e. The van der Waals surface area contributed by atoms with Gasteiger partial charge in [-0.05, 0) is 37.5 Å². The number of hydrogen-bond acceptors (Lipinski definition) is 3. The van der Waals surface area contributed by atoms with E-state index in [1.165, 1.54) is 26.4 Å². The molecule has 86 valence electrons. The van der Waals surface area contributed by atoms with Crippen LogP contribution in [0.15, 0.2) is 0 Å². The first-order chi connectivity index (χ1) is 7.20. The number of ether oxygens (including phenoxy) is 1. The van der Waals surface area contributed by atoms with E-state index >= 15 is 0 Å². The average molecular weight is 211 g/mol. The van der Waals surface area contributed by atoms with Crippen molar-refractivity contribution in [3.05, 3.63) is 0 Å². The first-order valence-corrected chi connectivity index (χ1v) is 6.02. The van der Waals surface area contributed by atoms with E-state index in [2.05, 4.69) is 12.2 Å². The molecule has 4 atom stereocenters. The second-order valence-electron chi connectivity index (χ2n) is 5.15. The molecule has 2 rings (SSSR count). The summed E-state index contributed by atoms with van der Waals surface area (Å²) in [5.41, 5.74) is 0. The van der Waals surface area contributed by atoms with E-state index in [0.29, 0.717) is 12.0 Å². The Kier molecular flexibility index (Phi) is 3.29. The summed E-state index contributed by atoms with van der Waals surface area (Å²) in [6.45, 7) is 3.13. The Hall–Kier alpha value is -0.570. The molecule has 1 heterocycles. The van der Waals surface area contributed by atoms with Crippen LogP contribution in [0.5, 0.6) is 0 Å². The highest BCUT2D eigenvalue weighted by atomic mass is 16.5. The average Bonchev–Trinajstić information content (AvgIpc) is 2.27. The Labute approximate surface area is 91.6 Å². The van der Waals surface area contributed by atoms with Crippen LogP contribution in [0, 0.1) is 17.8 Å². The van der Waals surface area contributed by atoms with Gasteiger partial charge in [0.05, 0.1) is 13.0 Å². The van der Waals surface area contributed by atoms with Gasteiger partial charge < -0.3 is 10.1 Å². The Balaban J connectivity index is 1.94. The topological polar surface area (TPSA) is 38.3 Å². The first kappa shape index (κ1) is 10.9. The smallest absolute Gasteiger partial charge is 0.309 e. The SMILES string of the molecule is COC(=O)C1CNC2CCC(C)CC2C1. The fourth-order valence-electron chi connectivity index (χ4n) is 3.12. The highest BCUT2D eigenvalue weighted by Gasteiger charge is 2.36. The third-order valence-electron chi connectivity index (χ3n) is 3.99. The zero-order chi connectivity index (χ0) is 10.8. The van der Waals surface area contributed by atoms with Crippen molar-refractivity contribution in [2.75, 3.05) is 13.7 Å². The summed E-state index contributed by atoms with van der Waals surface area (Å²) in [6.07, 6.45) is 4.90. The molecule has 15 heavy (non-hydrogen) atoms. The van der Waals surface area contributed by atoms with E-state index < -0.39 is 0 Å². The maximum absolute atomic E-state index is 11.5. The summed E-state index contributed by atoms with van der Waals surface area (Å²) in [5.74, 6) is 1.55. The van der Waals surface area contributed by atoms with Crippen LogP contribution in [0.3, 0.4) is 0 Å². The Bertz CT molecular complexity index is 242. The molecule has 3 nitrogen and oxygen atoms in total. The maximum Gasteiger partial charge on any atom is 0.309 e. The quantitative estimate of drug-likeness (QED) is 0.669. The van der Waals surface area contributed by atoms with Crippen LogP contribution >= 0.6 is 0 Å². The standard InChI is InChI=1S/C12H21NO2/c1-8-3-4-11-9(5-8)6-10(7-13-11)12(14)15-2/h8-11,13H,3-7H2,1-2H3. The molecule has 0 aromatic rings. The summed E-state index contributed by atoms with van der Waals surface area (Å²) in [5, 5.41) is 3.51. The third-order valence-corrected chi connectivity index (χ3v) is 3.99. The van der Waals surface area contributed by atoms with Gasteiger partial charge in [-0.2, -0.15) is 0 Å². The molecule has 0 aromatic heterocycles. The zero-order valence-electron chi connectivity index (χ0n) is 9.66. The minimum absolute atomic E-state index is 0.0424. The fourth-order valence-corrected chi connectivity index (χ4v) is 3.12. The zero-order valence-corrected chi connectivity index (χ0v) is 9.66. The maximum atomic E-state index is 11.5. The largest absolute Gasteiger partial charge is 0.469 e. The van der Waals surface area contributed by atoms with Crippen molar-refractivity contribution in [3.63, 3.8) is 0 Å². The lowest BCUT2D eigenvalue weighted by Gasteiger charge is -2.41. The summed E-state index contributed by atoms with van der Waals surface area (Å²) >= 11 is 0. The van der Waals surface area contributed by atoms with Gasteiger partial charge in [0.15, 0.2) is 0 Å². The molecule has 0 amide bonds. The van der Waals surface area contributed by atoms with Gasteiger partial charge in [-0.15, -0.1) is 0 Å². The summed E-state index contributed by atoms with van der Waals surface area (Å²) < 4.78 is 4.82. The van der Waals surface area contributed by atoms with Crippen molar-refractivity contribution >= 4 is 5.97 Å². The van der Waals surface area contributed by atoms with E-state index in [9.17, 15) is 4.79 Å². The molecule has 2 aliphatic rings. The number of carbonyl (C=O) groups is 1. The molecule has 0 spiro atoms. The molecule has 3 heteroatoms. The van der Waals surface area contributed by atoms with Crippen LogP contribution in [-0.2, 0) is 9.53 Å². The van der Waals surface area contributed by atoms with Gasteiger partial charge in [0, 0.05) is 12.6 Å². The molecule has 0 bridgehead atoms. The summed E-state index contributed by atoms with van der Waals surface area (Å²) in [7, 11) is 1.48. The highest BCUT2D eigenvalue weighted by molar-refractivity contribution is 5.72. The number of piperidine rings is 1. The van der Waals surface area contributed by atoms with E-state index in [1.54, 1.807) is 0 Å². The number of nitrogens with one attached hydrogen (secondary N) is 1. The second kappa shape index (κ2) is 4.52. The molecule has 0 radical (unpaired) electrons. The van der Waals surface area contributed by atoms with Crippen molar-refractivity contribution in [2.24, 2.45) is 17.8 Å². The van der Waals surface area contributed by atoms with E-state index in [1.807, 2.05) is 0 Å². The van der Waals surface area contributed by atoms with E-state index in [4.69, 9.17) is 4.74 Å². The lowest BCUT2D eigenvalue weighted by atomic mass is 9.72. The number of esters is 1. The number of fused-ring (bicyclic) bond motifs is 1. The van der Waals surface area contributed by atoms with Crippen molar-refractivity contribution < 1.29 is 9.53 Å². The van der Waals surface area contributed by atoms with Gasteiger partial charge in [-0.1, -0.05) is 6.92 Å². The highest BCUT2D eigenvalue weighted by Crippen LogP contribution is 2.35. The number of methoxy groups -OCH3 is 1. The fraction of sp³-hybridized carbons (Fsp3) is 0.917. The number of rotatable bonds is 1. The molecule has 1 aliphatic carbocycles. The van der Waals surface area contributed by atoms with Gasteiger partial charge in [0.25, 0.3) is 0 Å². The Morgan fingerprint density at radius 1 is 1.33 bits per heavy atom. The number of hydrogen-bond donors (Lipinski definition) is 1. The monoisotopic (exact) mass is 211 g/mol. The summed E-state index contributed by atoms with van der Waals surface area (Å²) in [6, 6.07) is 0.655. The first-order valence-electron chi connectivity index (χ1n) is 6.02. The van der Waals surface area contributed by atoms with Crippen molar-refractivity contribution in [3.8, 4) is 0 Å². The van der Waals surface area contributed by atoms with Crippen LogP contribution in [0.4, 0.5) is 0 Å². The van der Waals surface area contributed by atoms with Crippen LogP contribution in [0.25, 0.3) is 0 Å². The predicted octanol–water partition coefficient (Wildman–Crippen LogP) is 1.57. The van der Waals surface area contributed by atoms with Gasteiger partial charge >= 0.3 is 5.97 Å². The van der Waals surface area contributed by atoms with Gasteiger partial charge in [-0.25, -0.2) is 0 Å². The van der Waals surface area contributed by atoms with Crippen molar-refractivity contribution in [2.45, 2.75) is 38.6 Å². The van der Waals surface area contributed by atoms with Crippen molar-refractivity contribution in [1.29, 1.82) is 0 Å². The second-order valence-corrected chi connectivity index (χ2v) is 5.15. The van der Waals surface area contributed by atoms with Crippen molar-refractivity contribution in [1.82, 2.24) is 5.32 Å².